The number of allylic oxidation sites excluding steroid dienone is 6. The van der Waals surface area contributed by atoms with Gasteiger partial charge in [-0.3, -0.25) is 0 Å². The van der Waals surface area contributed by atoms with Crippen molar-refractivity contribution in [3.63, 3.8) is 0 Å². The lowest BCUT2D eigenvalue weighted by Gasteiger charge is -2.06. The second kappa shape index (κ2) is 3.18. The molecule has 0 fully saturated rings. The van der Waals surface area contributed by atoms with Crippen LogP contribution < -0.4 is 0 Å². The van der Waals surface area contributed by atoms with Crippen LogP contribution in [0.1, 0.15) is 13.8 Å². The first-order chi connectivity index (χ1) is 6.68. The van der Waals surface area contributed by atoms with E-state index in [4.69, 9.17) is 0 Å². The molecule has 1 heterocycles. The molecule has 70 valence electrons. The fourth-order valence-electron chi connectivity index (χ4n) is 1.52. The molecule has 0 saturated carbocycles. The lowest BCUT2D eigenvalue weighted by molar-refractivity contribution is -0.475. The third-order valence-electron chi connectivity index (χ3n) is 2.12. The summed E-state index contributed by atoms with van der Waals surface area (Å²) < 4.78 is 1.74. The van der Waals surface area contributed by atoms with E-state index in [0.29, 0.717) is 0 Å². The van der Waals surface area contributed by atoms with Crippen molar-refractivity contribution in [2.75, 3.05) is 0 Å². The van der Waals surface area contributed by atoms with Crippen LogP contribution in [0, 0.1) is 0 Å². The van der Waals surface area contributed by atoms with Crippen LogP contribution in [0.25, 0.3) is 5.41 Å². The van der Waals surface area contributed by atoms with Gasteiger partial charge >= 0.3 is 0 Å². The van der Waals surface area contributed by atoms with Crippen LogP contribution in [-0.4, -0.2) is 21.8 Å². The lowest BCUT2D eigenvalue weighted by Crippen LogP contribution is -2.20. The summed E-state index contributed by atoms with van der Waals surface area (Å²) in [6, 6.07) is 0. The van der Waals surface area contributed by atoms with E-state index in [9.17, 15) is 5.41 Å². The minimum absolute atomic E-state index is 0.249. The van der Waals surface area contributed by atoms with E-state index < -0.39 is 0 Å². The van der Waals surface area contributed by atoms with Gasteiger partial charge in [-0.15, -0.1) is 0 Å². The third-order valence-corrected chi connectivity index (χ3v) is 2.12. The average Bonchev–Trinajstić information content (AvgIpc) is 2.46. The van der Waals surface area contributed by atoms with Gasteiger partial charge < -0.3 is 5.41 Å². The van der Waals surface area contributed by atoms with Crippen LogP contribution in [0.3, 0.4) is 0 Å². The highest BCUT2D eigenvalue weighted by Crippen LogP contribution is 2.10. The molecule has 14 heavy (non-hydrogen) atoms. The summed E-state index contributed by atoms with van der Waals surface area (Å²) in [5.74, 6) is 0. The second-order valence-corrected chi connectivity index (χ2v) is 3.33. The molecule has 2 rings (SSSR count). The van der Waals surface area contributed by atoms with Gasteiger partial charge in [0.25, 0.3) is 0 Å². The van der Waals surface area contributed by atoms with E-state index >= 15 is 0 Å². The normalized spacial score (nSPS) is 25.4. The molecular formula is C11H11N3. The molecule has 0 aromatic carbocycles. The maximum absolute atomic E-state index is 9.64. The van der Waals surface area contributed by atoms with Gasteiger partial charge in [0.15, 0.2) is 0 Å². The first kappa shape index (κ1) is 8.81. The minimum Gasteiger partial charge on any atom is -0.798 e. The zero-order valence-electron chi connectivity index (χ0n) is 8.23. The SMILES string of the molecule is CC1=CC(C)=N[N+]1=C1C=CC=CC1=[N-]. The predicted molar refractivity (Wildman–Crippen MR) is 58.8 cm³/mol. The fourth-order valence-corrected chi connectivity index (χ4v) is 1.52. The Kier molecular flexibility index (Phi) is 2.00. The Morgan fingerprint density at radius 3 is 2.50 bits per heavy atom. The van der Waals surface area contributed by atoms with Gasteiger partial charge in [-0.2, -0.15) is 0 Å². The fraction of sp³-hybridized carbons (Fsp3) is 0.182. The number of rotatable bonds is 0. The van der Waals surface area contributed by atoms with Crippen LogP contribution in [-0.2, 0) is 0 Å². The average molecular weight is 185 g/mol. The number of hydrazone groups is 1. The van der Waals surface area contributed by atoms with Crippen molar-refractivity contribution in [1.82, 2.24) is 0 Å². The molecule has 0 unspecified atom stereocenters. The Balaban J connectivity index is 2.52. The first-order valence-electron chi connectivity index (χ1n) is 4.50. The quantitative estimate of drug-likeness (QED) is 0.408. The molecule has 0 N–H and O–H groups in total. The van der Waals surface area contributed by atoms with Gasteiger partial charge in [-0.25, -0.2) is 0 Å². The summed E-state index contributed by atoms with van der Waals surface area (Å²) >= 11 is 0. The maximum atomic E-state index is 9.64. The van der Waals surface area contributed by atoms with Crippen molar-refractivity contribution in [3.05, 3.63) is 41.5 Å². The maximum Gasteiger partial charge on any atom is 0.222 e. The molecule has 0 spiro atoms. The number of nitrogens with zero attached hydrogens (tertiary/aromatic N) is 3. The van der Waals surface area contributed by atoms with Crippen LogP contribution >= 0.6 is 0 Å². The van der Waals surface area contributed by atoms with E-state index in [1.807, 2.05) is 32.1 Å². The highest BCUT2D eigenvalue weighted by atomic mass is 15.4. The van der Waals surface area contributed by atoms with Gasteiger partial charge in [-0.1, -0.05) is 28.6 Å². The molecule has 1 aliphatic heterocycles. The van der Waals surface area contributed by atoms with Crippen molar-refractivity contribution in [2.45, 2.75) is 13.8 Å². The van der Waals surface area contributed by atoms with Gasteiger partial charge in [0, 0.05) is 24.2 Å². The Bertz CT molecular complexity index is 441. The Morgan fingerprint density at radius 1 is 1.21 bits per heavy atom. The summed E-state index contributed by atoms with van der Waals surface area (Å²) in [5, 5.41) is 13.9. The number of hydrogen-bond donors (Lipinski definition) is 0. The van der Waals surface area contributed by atoms with E-state index in [-0.39, 0.29) is 5.71 Å². The summed E-state index contributed by atoms with van der Waals surface area (Å²) in [6.07, 6.45) is 9.16. The van der Waals surface area contributed by atoms with Crippen molar-refractivity contribution in [3.8, 4) is 0 Å². The Morgan fingerprint density at radius 2 is 1.93 bits per heavy atom. The molecule has 0 bridgehead atoms. The van der Waals surface area contributed by atoms with Crippen molar-refractivity contribution < 1.29 is 4.68 Å². The van der Waals surface area contributed by atoms with Gasteiger partial charge in [-0.05, 0) is 6.92 Å². The second-order valence-electron chi connectivity index (χ2n) is 3.33. The standard InChI is InChI=1S/C11H11N3/c1-8-7-9(2)14(13-8)11-6-4-3-5-10(11)12/h3-7H,1-2H3. The van der Waals surface area contributed by atoms with Crippen molar-refractivity contribution in [1.29, 1.82) is 0 Å². The molecule has 0 saturated heterocycles. The Hall–Kier alpha value is -1.77. The van der Waals surface area contributed by atoms with E-state index in [0.717, 1.165) is 17.1 Å². The third kappa shape index (κ3) is 1.37. The summed E-state index contributed by atoms with van der Waals surface area (Å²) in [5.41, 5.74) is 2.94. The summed E-state index contributed by atoms with van der Waals surface area (Å²) in [6.45, 7) is 3.90. The molecule has 1 aliphatic carbocycles. The molecule has 2 aliphatic rings. The van der Waals surface area contributed by atoms with Crippen LogP contribution in [0.4, 0.5) is 0 Å². The topological polar surface area (TPSA) is 37.7 Å². The van der Waals surface area contributed by atoms with E-state index in [1.54, 1.807) is 16.8 Å². The van der Waals surface area contributed by atoms with Crippen LogP contribution in [0.5, 0.6) is 0 Å². The number of hydrogen-bond acceptors (Lipinski definition) is 1. The largest absolute Gasteiger partial charge is 0.798 e. The molecule has 0 radical (unpaired) electrons. The monoisotopic (exact) mass is 185 g/mol. The molecule has 0 amide bonds. The first-order valence-corrected chi connectivity index (χ1v) is 4.50. The molecule has 3 nitrogen and oxygen atoms in total. The van der Waals surface area contributed by atoms with Gasteiger partial charge in [0.2, 0.25) is 11.4 Å². The van der Waals surface area contributed by atoms with Crippen molar-refractivity contribution in [2.24, 2.45) is 5.10 Å². The summed E-state index contributed by atoms with van der Waals surface area (Å²) in [4.78, 5) is 0. The van der Waals surface area contributed by atoms with E-state index in [1.165, 1.54) is 0 Å². The predicted octanol–water partition coefficient (Wildman–Crippen LogP) is 1.87. The zero-order valence-corrected chi connectivity index (χ0v) is 8.23. The van der Waals surface area contributed by atoms with Crippen molar-refractivity contribution >= 4 is 17.1 Å². The summed E-state index contributed by atoms with van der Waals surface area (Å²) in [7, 11) is 0. The van der Waals surface area contributed by atoms with E-state index in [2.05, 4.69) is 5.10 Å². The van der Waals surface area contributed by atoms with Gasteiger partial charge in [0.05, 0.1) is 0 Å². The highest BCUT2D eigenvalue weighted by Gasteiger charge is 2.21. The minimum atomic E-state index is 0.249. The zero-order chi connectivity index (χ0) is 10.1. The highest BCUT2D eigenvalue weighted by molar-refractivity contribution is 6.50. The molecule has 0 aromatic heterocycles. The molecule has 0 aromatic rings. The smallest absolute Gasteiger partial charge is 0.222 e. The molecular weight excluding hydrogens is 174 g/mol. The Labute approximate surface area is 83.0 Å². The van der Waals surface area contributed by atoms with Crippen LogP contribution in [0.15, 0.2) is 41.2 Å². The molecule has 3 heteroatoms. The van der Waals surface area contributed by atoms with Crippen LogP contribution in [0.2, 0.25) is 0 Å². The lowest BCUT2D eigenvalue weighted by atomic mass is 10.1. The molecule has 0 atom stereocenters. The van der Waals surface area contributed by atoms with Gasteiger partial charge in [0.1, 0.15) is 5.71 Å².